The quantitative estimate of drug-likeness (QED) is 0.223. The molecule has 1 aliphatic rings. The zero-order valence-corrected chi connectivity index (χ0v) is 8.06. The van der Waals surface area contributed by atoms with Crippen molar-refractivity contribution in [3.05, 3.63) is 0 Å². The molecule has 0 spiro atoms. The van der Waals surface area contributed by atoms with Crippen LogP contribution in [0.3, 0.4) is 0 Å². The first-order chi connectivity index (χ1) is 5.37. The highest BCUT2D eigenvalue weighted by Gasteiger charge is 2.59. The lowest BCUT2D eigenvalue weighted by molar-refractivity contribution is -0.150. The van der Waals surface area contributed by atoms with Gasteiger partial charge in [-0.25, -0.2) is 0 Å². The van der Waals surface area contributed by atoms with Crippen molar-refractivity contribution >= 4 is 16.9 Å². The second-order valence-electron chi connectivity index (χ2n) is 2.60. The molecule has 1 saturated heterocycles. The van der Waals surface area contributed by atoms with Crippen LogP contribution in [0, 0.1) is 0 Å². The standard InChI is InChI=1S/C3H10O7Si2/c4-1-2(5)10-11(7)12(8,9)3(1)6/h1-9,11H. The van der Waals surface area contributed by atoms with Crippen molar-refractivity contribution in [2.24, 2.45) is 0 Å². The number of aliphatic hydroxyl groups excluding tert-OH is 3. The largest absolute Gasteiger partial charge is 0.412 e. The Kier molecular flexibility index (Phi) is 2.67. The molecule has 0 radical (unpaired) electrons. The maximum atomic E-state index is 9.06. The van der Waals surface area contributed by atoms with Gasteiger partial charge in [0.25, 0.3) is 0 Å². The molecule has 1 rings (SSSR count). The van der Waals surface area contributed by atoms with Gasteiger partial charge in [-0.15, -0.1) is 0 Å². The Bertz CT molecular complexity index is 174. The smallest absolute Gasteiger partial charge is 0.406 e. The molecule has 0 aromatic heterocycles. The van der Waals surface area contributed by atoms with E-state index in [-0.39, 0.29) is 0 Å². The molecular formula is C3H10O7Si2. The van der Waals surface area contributed by atoms with E-state index < -0.39 is 35.0 Å². The molecule has 9 heteroatoms. The van der Waals surface area contributed by atoms with E-state index >= 15 is 0 Å². The predicted octanol–water partition coefficient (Wildman–Crippen LogP) is -4.69. The van der Waals surface area contributed by atoms with E-state index in [9.17, 15) is 0 Å². The summed E-state index contributed by atoms with van der Waals surface area (Å²) in [5.74, 6) is 0. The van der Waals surface area contributed by atoms with Crippen LogP contribution in [0.5, 0.6) is 0 Å². The SMILES string of the molecule is OC1O[SiH](O)[Si](O)(O)C(O)C1O. The predicted molar refractivity (Wildman–Crippen MR) is 38.7 cm³/mol. The van der Waals surface area contributed by atoms with Gasteiger partial charge in [0.2, 0.25) is 0 Å². The highest BCUT2D eigenvalue weighted by Crippen LogP contribution is 2.19. The second kappa shape index (κ2) is 3.13. The van der Waals surface area contributed by atoms with Crippen LogP contribution in [0.1, 0.15) is 0 Å². The third-order valence-electron chi connectivity index (χ3n) is 1.68. The van der Waals surface area contributed by atoms with Gasteiger partial charge < -0.3 is 34.1 Å². The van der Waals surface area contributed by atoms with Crippen LogP contribution in [0.2, 0.25) is 0 Å². The summed E-state index contributed by atoms with van der Waals surface area (Å²) in [6, 6.07) is 0. The molecule has 1 heterocycles. The summed E-state index contributed by atoms with van der Waals surface area (Å²) in [4.78, 5) is 27.1. The van der Waals surface area contributed by atoms with Crippen molar-refractivity contribution in [1.82, 2.24) is 0 Å². The minimum absolute atomic E-state index is 1.75. The molecule has 0 saturated carbocycles. The summed E-state index contributed by atoms with van der Waals surface area (Å²) in [5, 5.41) is 26.7. The minimum atomic E-state index is -4.28. The van der Waals surface area contributed by atoms with E-state index in [1.165, 1.54) is 0 Å². The molecular weight excluding hydrogens is 204 g/mol. The van der Waals surface area contributed by atoms with Crippen LogP contribution >= 0.6 is 0 Å². The molecule has 7 nitrogen and oxygen atoms in total. The number of rotatable bonds is 0. The fourth-order valence-corrected chi connectivity index (χ4v) is 4.94. The summed E-state index contributed by atoms with van der Waals surface area (Å²) in [7, 11) is -7.65. The number of hydrogen-bond donors (Lipinski definition) is 6. The van der Waals surface area contributed by atoms with Crippen LogP contribution in [0.15, 0.2) is 0 Å². The molecule has 4 unspecified atom stereocenters. The molecule has 12 heavy (non-hydrogen) atoms. The van der Waals surface area contributed by atoms with Crippen molar-refractivity contribution < 1.29 is 34.1 Å². The number of hydrogen-bond acceptors (Lipinski definition) is 7. The lowest BCUT2D eigenvalue weighted by Gasteiger charge is -2.37. The Balaban J connectivity index is 2.80. The van der Waals surface area contributed by atoms with Crippen LogP contribution in [-0.2, 0) is 4.43 Å². The molecule has 72 valence electrons. The molecule has 0 amide bonds. The zero-order chi connectivity index (χ0) is 9.52. The molecule has 0 bridgehead atoms. The highest BCUT2D eigenvalue weighted by molar-refractivity contribution is 7.21. The fourth-order valence-electron chi connectivity index (χ4n) is 0.866. The topological polar surface area (TPSA) is 131 Å². The Morgan fingerprint density at radius 2 is 1.67 bits per heavy atom. The lowest BCUT2D eigenvalue weighted by atomic mass is 10.4. The normalized spacial score (nSPS) is 47.5. The summed E-state index contributed by atoms with van der Waals surface area (Å²) in [5.41, 5.74) is -1.89. The van der Waals surface area contributed by atoms with Crippen molar-refractivity contribution in [3.63, 3.8) is 0 Å². The molecule has 0 aromatic rings. The Morgan fingerprint density at radius 3 is 2.17 bits per heavy atom. The first-order valence-corrected chi connectivity index (χ1v) is 7.96. The van der Waals surface area contributed by atoms with Crippen molar-refractivity contribution in [1.29, 1.82) is 0 Å². The van der Waals surface area contributed by atoms with Gasteiger partial charge in [0, 0.05) is 0 Å². The number of aliphatic hydroxyl groups is 3. The molecule has 4 atom stereocenters. The summed E-state index contributed by atoms with van der Waals surface area (Å²) in [6.45, 7) is 0. The average molecular weight is 214 g/mol. The van der Waals surface area contributed by atoms with E-state index in [0.717, 1.165) is 0 Å². The molecule has 0 aromatic carbocycles. The maximum absolute atomic E-state index is 9.06. The third-order valence-corrected chi connectivity index (χ3v) is 7.77. The van der Waals surface area contributed by atoms with Gasteiger partial charge >= 0.3 is 16.9 Å². The van der Waals surface area contributed by atoms with Gasteiger partial charge in [0.15, 0.2) is 6.29 Å². The van der Waals surface area contributed by atoms with E-state index in [2.05, 4.69) is 4.43 Å². The van der Waals surface area contributed by atoms with Crippen molar-refractivity contribution in [3.8, 4) is 0 Å². The van der Waals surface area contributed by atoms with Gasteiger partial charge in [-0.2, -0.15) is 0 Å². The highest BCUT2D eigenvalue weighted by atomic mass is 29.3. The Hall–Kier alpha value is 0.154. The van der Waals surface area contributed by atoms with Gasteiger partial charge in [-0.1, -0.05) is 0 Å². The Morgan fingerprint density at radius 1 is 1.17 bits per heavy atom. The first-order valence-electron chi connectivity index (χ1n) is 3.20. The summed E-state index contributed by atoms with van der Waals surface area (Å²) < 4.78 is 4.29. The van der Waals surface area contributed by atoms with Gasteiger partial charge in [-0.05, 0) is 0 Å². The third kappa shape index (κ3) is 1.46. The molecule has 0 aliphatic carbocycles. The van der Waals surface area contributed by atoms with Crippen molar-refractivity contribution in [2.45, 2.75) is 18.1 Å². The van der Waals surface area contributed by atoms with Gasteiger partial charge in [0.05, 0.1) is 0 Å². The zero-order valence-electron chi connectivity index (χ0n) is 5.90. The van der Waals surface area contributed by atoms with E-state index in [4.69, 9.17) is 29.7 Å². The van der Waals surface area contributed by atoms with Crippen LogP contribution in [-0.4, -0.2) is 64.7 Å². The van der Waals surface area contributed by atoms with E-state index in [1.807, 2.05) is 0 Å². The average Bonchev–Trinajstić information content (AvgIpc) is 1.99. The van der Waals surface area contributed by atoms with Crippen LogP contribution < -0.4 is 0 Å². The van der Waals surface area contributed by atoms with Crippen molar-refractivity contribution in [2.75, 3.05) is 0 Å². The summed E-state index contributed by atoms with van der Waals surface area (Å²) in [6.07, 6.45) is -3.52. The Labute approximate surface area is 70.0 Å². The second-order valence-corrected chi connectivity index (χ2v) is 9.76. The van der Waals surface area contributed by atoms with Gasteiger partial charge in [0.1, 0.15) is 11.8 Å². The maximum Gasteiger partial charge on any atom is 0.406 e. The van der Waals surface area contributed by atoms with Gasteiger partial charge in [-0.3, -0.25) is 0 Å². The van der Waals surface area contributed by atoms with Crippen LogP contribution in [0.25, 0.3) is 0 Å². The van der Waals surface area contributed by atoms with Crippen LogP contribution in [0.4, 0.5) is 0 Å². The van der Waals surface area contributed by atoms with E-state index in [0.29, 0.717) is 0 Å². The molecule has 6 N–H and O–H groups in total. The molecule has 1 fully saturated rings. The summed E-state index contributed by atoms with van der Waals surface area (Å²) >= 11 is 0. The molecule has 1 aliphatic heterocycles. The fraction of sp³-hybridized carbons (Fsp3) is 1.00. The minimum Gasteiger partial charge on any atom is -0.412 e. The monoisotopic (exact) mass is 214 g/mol. The first kappa shape index (κ1) is 10.2. The van der Waals surface area contributed by atoms with E-state index in [1.54, 1.807) is 0 Å². The lowest BCUT2D eigenvalue weighted by Crippen LogP contribution is -2.72.